The predicted molar refractivity (Wildman–Crippen MR) is 103 cm³/mol. The molecule has 0 saturated carbocycles. The summed E-state index contributed by atoms with van der Waals surface area (Å²) in [4.78, 5) is 16.1. The first-order valence-electron chi connectivity index (χ1n) is 9.56. The Kier molecular flexibility index (Phi) is 5.81. The van der Waals surface area contributed by atoms with Crippen molar-refractivity contribution in [2.24, 2.45) is 17.8 Å². The minimum Gasteiger partial charge on any atom is -0.315 e. The first kappa shape index (κ1) is 18.4. The SMILES string of the molecule is CCC1CCc2c(sc(NC(=O)CN3CC(C)CC(C)C3)c2C#N)C1. The Morgan fingerprint density at radius 1 is 1.36 bits per heavy atom. The standard InChI is InChI=1S/C20H29N3OS/c1-4-15-5-6-16-17(9-21)20(25-18(16)8-15)22-19(24)12-23-10-13(2)7-14(3)11-23/h13-15H,4-8,10-12H2,1-3H3,(H,22,24). The Balaban J connectivity index is 1.67. The van der Waals surface area contributed by atoms with E-state index in [2.05, 4.69) is 37.1 Å². The van der Waals surface area contributed by atoms with Gasteiger partial charge in [-0.3, -0.25) is 9.69 Å². The highest BCUT2D eigenvalue weighted by Crippen LogP contribution is 2.40. The van der Waals surface area contributed by atoms with Gasteiger partial charge in [-0.15, -0.1) is 11.3 Å². The number of piperidine rings is 1. The van der Waals surface area contributed by atoms with Crippen molar-refractivity contribution >= 4 is 22.2 Å². The number of anilines is 1. The van der Waals surface area contributed by atoms with E-state index in [1.165, 1.54) is 23.3 Å². The molecule has 3 rings (SSSR count). The number of fused-ring (bicyclic) bond motifs is 1. The zero-order valence-corrected chi connectivity index (χ0v) is 16.4. The van der Waals surface area contributed by atoms with Crippen molar-refractivity contribution < 1.29 is 4.79 Å². The Hall–Kier alpha value is -1.38. The lowest BCUT2D eigenvalue weighted by Crippen LogP contribution is -2.42. The average molecular weight is 360 g/mol. The lowest BCUT2D eigenvalue weighted by molar-refractivity contribution is -0.117. The number of carbonyl (C=O) groups excluding carboxylic acids is 1. The molecule has 1 aromatic heterocycles. The molecule has 1 aromatic rings. The number of likely N-dealkylation sites (tertiary alicyclic amines) is 1. The van der Waals surface area contributed by atoms with Gasteiger partial charge in [-0.25, -0.2) is 0 Å². The molecular formula is C20H29N3OS. The summed E-state index contributed by atoms with van der Waals surface area (Å²) in [5.74, 6) is 2.03. The summed E-state index contributed by atoms with van der Waals surface area (Å²) >= 11 is 1.62. The summed E-state index contributed by atoms with van der Waals surface area (Å²) in [7, 11) is 0. The van der Waals surface area contributed by atoms with Gasteiger partial charge in [0.05, 0.1) is 12.1 Å². The molecule has 2 aliphatic rings. The number of carbonyl (C=O) groups is 1. The molecule has 0 spiro atoms. The Labute approximate surface area is 155 Å². The van der Waals surface area contributed by atoms with Crippen LogP contribution < -0.4 is 5.32 Å². The number of amides is 1. The number of rotatable bonds is 4. The van der Waals surface area contributed by atoms with Crippen molar-refractivity contribution in [2.75, 3.05) is 25.0 Å². The monoisotopic (exact) mass is 359 g/mol. The van der Waals surface area contributed by atoms with E-state index >= 15 is 0 Å². The molecule has 0 radical (unpaired) electrons. The van der Waals surface area contributed by atoms with Gasteiger partial charge in [-0.05, 0) is 49.0 Å². The van der Waals surface area contributed by atoms with E-state index in [-0.39, 0.29) is 5.91 Å². The average Bonchev–Trinajstić information content (AvgIpc) is 2.89. The van der Waals surface area contributed by atoms with Crippen molar-refractivity contribution in [1.82, 2.24) is 4.90 Å². The normalized spacial score (nSPS) is 26.7. The van der Waals surface area contributed by atoms with E-state index in [9.17, 15) is 10.1 Å². The Morgan fingerprint density at radius 2 is 2.08 bits per heavy atom. The maximum atomic E-state index is 12.5. The Morgan fingerprint density at radius 3 is 2.72 bits per heavy atom. The summed E-state index contributed by atoms with van der Waals surface area (Å²) in [6.45, 7) is 9.15. The largest absolute Gasteiger partial charge is 0.315 e. The fraction of sp³-hybridized carbons (Fsp3) is 0.700. The van der Waals surface area contributed by atoms with E-state index in [4.69, 9.17) is 0 Å². The van der Waals surface area contributed by atoms with Crippen molar-refractivity contribution in [1.29, 1.82) is 5.26 Å². The molecule has 2 heterocycles. The summed E-state index contributed by atoms with van der Waals surface area (Å²) in [5, 5.41) is 13.4. The smallest absolute Gasteiger partial charge is 0.239 e. The Bertz CT molecular complexity index is 665. The molecule has 0 bridgehead atoms. The quantitative estimate of drug-likeness (QED) is 0.882. The van der Waals surface area contributed by atoms with Gasteiger partial charge in [0, 0.05) is 18.0 Å². The fourth-order valence-electron chi connectivity index (χ4n) is 4.50. The number of nitrogens with zero attached hydrogens (tertiary/aromatic N) is 2. The van der Waals surface area contributed by atoms with Crippen LogP contribution in [0.3, 0.4) is 0 Å². The van der Waals surface area contributed by atoms with E-state index in [1.54, 1.807) is 11.3 Å². The minimum absolute atomic E-state index is 0.0171. The maximum Gasteiger partial charge on any atom is 0.239 e. The van der Waals surface area contributed by atoms with Crippen molar-refractivity contribution in [3.8, 4) is 6.07 Å². The fourth-order valence-corrected chi connectivity index (χ4v) is 5.83. The van der Waals surface area contributed by atoms with E-state index in [1.807, 2.05) is 0 Å². The van der Waals surface area contributed by atoms with Crippen LogP contribution in [0, 0.1) is 29.1 Å². The van der Waals surface area contributed by atoms with Crippen LogP contribution in [0.4, 0.5) is 5.00 Å². The minimum atomic E-state index is 0.0171. The zero-order chi connectivity index (χ0) is 18.0. The second-order valence-corrected chi connectivity index (χ2v) is 9.13. The highest BCUT2D eigenvalue weighted by Gasteiger charge is 2.27. The van der Waals surface area contributed by atoms with Crippen LogP contribution in [0.5, 0.6) is 0 Å². The number of nitriles is 1. The van der Waals surface area contributed by atoms with Crippen LogP contribution >= 0.6 is 11.3 Å². The molecule has 3 atom stereocenters. The second kappa shape index (κ2) is 7.88. The summed E-state index contributed by atoms with van der Waals surface area (Å²) in [5.41, 5.74) is 1.90. The molecular weight excluding hydrogens is 330 g/mol. The van der Waals surface area contributed by atoms with Crippen LogP contribution in [0.2, 0.25) is 0 Å². The van der Waals surface area contributed by atoms with E-state index in [0.29, 0.717) is 23.9 Å². The molecule has 4 nitrogen and oxygen atoms in total. The summed E-state index contributed by atoms with van der Waals surface area (Å²) in [6, 6.07) is 2.34. The summed E-state index contributed by atoms with van der Waals surface area (Å²) in [6.07, 6.45) is 5.62. The van der Waals surface area contributed by atoms with Gasteiger partial charge in [0.15, 0.2) is 0 Å². The molecule has 1 aliphatic carbocycles. The molecule has 3 unspecified atom stereocenters. The maximum absolute atomic E-state index is 12.5. The molecule has 5 heteroatoms. The van der Waals surface area contributed by atoms with E-state index < -0.39 is 0 Å². The van der Waals surface area contributed by atoms with E-state index in [0.717, 1.165) is 43.3 Å². The highest BCUT2D eigenvalue weighted by atomic mass is 32.1. The molecule has 1 fully saturated rings. The van der Waals surface area contributed by atoms with Gasteiger partial charge in [-0.1, -0.05) is 27.2 Å². The van der Waals surface area contributed by atoms with Gasteiger partial charge in [0.2, 0.25) is 5.91 Å². The summed E-state index contributed by atoms with van der Waals surface area (Å²) < 4.78 is 0. The van der Waals surface area contributed by atoms with Crippen molar-refractivity contribution in [3.63, 3.8) is 0 Å². The predicted octanol–water partition coefficient (Wildman–Crippen LogP) is 4.05. The molecule has 1 aliphatic heterocycles. The van der Waals surface area contributed by atoms with Crippen molar-refractivity contribution in [2.45, 2.75) is 52.9 Å². The number of hydrogen-bond donors (Lipinski definition) is 1. The zero-order valence-electron chi connectivity index (χ0n) is 15.6. The van der Waals surface area contributed by atoms with Crippen LogP contribution in [-0.4, -0.2) is 30.4 Å². The third-order valence-corrected chi connectivity index (χ3v) is 6.79. The molecule has 1 amide bonds. The molecule has 136 valence electrons. The topological polar surface area (TPSA) is 56.1 Å². The molecule has 1 N–H and O–H groups in total. The van der Waals surface area contributed by atoms with Gasteiger partial charge in [-0.2, -0.15) is 5.26 Å². The number of thiophene rings is 1. The number of hydrogen-bond acceptors (Lipinski definition) is 4. The van der Waals surface area contributed by atoms with Gasteiger partial charge < -0.3 is 5.32 Å². The third-order valence-electron chi connectivity index (χ3n) is 5.62. The molecule has 25 heavy (non-hydrogen) atoms. The van der Waals surface area contributed by atoms with Gasteiger partial charge in [0.25, 0.3) is 0 Å². The highest BCUT2D eigenvalue weighted by molar-refractivity contribution is 7.16. The first-order chi connectivity index (χ1) is 12.0. The van der Waals surface area contributed by atoms with Gasteiger partial charge >= 0.3 is 0 Å². The molecule has 1 saturated heterocycles. The lowest BCUT2D eigenvalue weighted by atomic mass is 9.86. The van der Waals surface area contributed by atoms with Crippen LogP contribution in [0.25, 0.3) is 0 Å². The van der Waals surface area contributed by atoms with Crippen molar-refractivity contribution in [3.05, 3.63) is 16.0 Å². The third kappa shape index (κ3) is 4.24. The number of nitrogens with one attached hydrogen (secondary N) is 1. The lowest BCUT2D eigenvalue weighted by Gasteiger charge is -2.34. The van der Waals surface area contributed by atoms with Crippen LogP contribution in [0.15, 0.2) is 0 Å². The first-order valence-corrected chi connectivity index (χ1v) is 10.4. The van der Waals surface area contributed by atoms with Gasteiger partial charge in [0.1, 0.15) is 11.1 Å². The molecule has 0 aromatic carbocycles. The van der Waals surface area contributed by atoms with Crippen LogP contribution in [0.1, 0.15) is 56.0 Å². The van der Waals surface area contributed by atoms with Crippen LogP contribution in [-0.2, 0) is 17.6 Å². The second-order valence-electron chi connectivity index (χ2n) is 8.03.